The molecule has 92 valence electrons. The van der Waals surface area contributed by atoms with Crippen molar-refractivity contribution in [2.24, 2.45) is 0 Å². The van der Waals surface area contributed by atoms with Crippen molar-refractivity contribution in [3.63, 3.8) is 0 Å². The zero-order valence-electron chi connectivity index (χ0n) is 9.67. The van der Waals surface area contributed by atoms with E-state index in [1.54, 1.807) is 19.9 Å². The van der Waals surface area contributed by atoms with Crippen molar-refractivity contribution < 1.29 is 18.3 Å². The van der Waals surface area contributed by atoms with Crippen molar-refractivity contribution in [3.8, 4) is 0 Å². The highest BCUT2D eigenvalue weighted by Gasteiger charge is 2.16. The molecule has 1 N–H and O–H groups in total. The van der Waals surface area contributed by atoms with E-state index >= 15 is 0 Å². The zero-order chi connectivity index (χ0) is 13.1. The Morgan fingerprint density at radius 3 is 2.59 bits per heavy atom. The molecule has 5 heteroatoms. The number of carboxylic acids is 1. The van der Waals surface area contributed by atoms with Gasteiger partial charge in [-0.1, -0.05) is 18.2 Å². The van der Waals surface area contributed by atoms with Crippen LogP contribution < -0.4 is 0 Å². The van der Waals surface area contributed by atoms with Gasteiger partial charge in [0.25, 0.3) is 0 Å². The van der Waals surface area contributed by atoms with Gasteiger partial charge < -0.3 is 5.11 Å². The number of rotatable bonds is 4. The van der Waals surface area contributed by atoms with Crippen molar-refractivity contribution in [3.05, 3.63) is 41.5 Å². The SMILES string of the molecule is C/C=C/CS(=O)(=O)c1ccc(C)c(C(=O)O)c1. The fourth-order valence-electron chi connectivity index (χ4n) is 1.34. The Kier molecular flexibility index (Phi) is 4.07. The molecule has 0 fully saturated rings. The number of carboxylic acid groups (broad SMARTS) is 1. The minimum atomic E-state index is -3.45. The predicted molar refractivity (Wildman–Crippen MR) is 65.0 cm³/mol. The van der Waals surface area contributed by atoms with E-state index in [0.29, 0.717) is 5.56 Å². The molecule has 4 nitrogen and oxygen atoms in total. The fraction of sp³-hybridized carbons (Fsp3) is 0.250. The van der Waals surface area contributed by atoms with E-state index < -0.39 is 15.8 Å². The summed E-state index contributed by atoms with van der Waals surface area (Å²) >= 11 is 0. The Bertz CT molecular complexity index is 556. The van der Waals surface area contributed by atoms with Crippen LogP contribution in [0.15, 0.2) is 35.2 Å². The second-order valence-electron chi connectivity index (χ2n) is 3.63. The molecule has 0 atom stereocenters. The van der Waals surface area contributed by atoms with Crippen LogP contribution in [-0.2, 0) is 9.84 Å². The number of benzene rings is 1. The Morgan fingerprint density at radius 2 is 2.06 bits per heavy atom. The third-order valence-electron chi connectivity index (χ3n) is 2.35. The first-order valence-electron chi connectivity index (χ1n) is 5.06. The second-order valence-corrected chi connectivity index (χ2v) is 5.67. The summed E-state index contributed by atoms with van der Waals surface area (Å²) in [6.07, 6.45) is 3.17. The van der Waals surface area contributed by atoms with Gasteiger partial charge in [0.15, 0.2) is 9.84 Å². The number of sulfone groups is 1. The number of aryl methyl sites for hydroxylation is 1. The molecular weight excluding hydrogens is 240 g/mol. The number of hydrogen-bond acceptors (Lipinski definition) is 3. The van der Waals surface area contributed by atoms with Crippen LogP contribution >= 0.6 is 0 Å². The van der Waals surface area contributed by atoms with Crippen molar-refractivity contribution in [2.45, 2.75) is 18.7 Å². The third-order valence-corrected chi connectivity index (χ3v) is 3.95. The summed E-state index contributed by atoms with van der Waals surface area (Å²) < 4.78 is 23.7. The van der Waals surface area contributed by atoms with E-state index in [-0.39, 0.29) is 16.2 Å². The maximum Gasteiger partial charge on any atom is 0.335 e. The van der Waals surface area contributed by atoms with E-state index in [2.05, 4.69) is 0 Å². The molecule has 0 bridgehead atoms. The van der Waals surface area contributed by atoms with Gasteiger partial charge in [0.1, 0.15) is 0 Å². The first-order chi connectivity index (χ1) is 7.88. The highest BCUT2D eigenvalue weighted by Crippen LogP contribution is 2.17. The molecule has 0 heterocycles. The molecule has 0 saturated carbocycles. The first-order valence-corrected chi connectivity index (χ1v) is 6.71. The topological polar surface area (TPSA) is 71.4 Å². The smallest absolute Gasteiger partial charge is 0.335 e. The van der Waals surface area contributed by atoms with Gasteiger partial charge in [0.05, 0.1) is 16.2 Å². The lowest BCUT2D eigenvalue weighted by atomic mass is 10.1. The number of carbonyl (C=O) groups is 1. The molecule has 1 aromatic carbocycles. The lowest BCUT2D eigenvalue weighted by molar-refractivity contribution is 0.0696. The van der Waals surface area contributed by atoms with Crippen LogP contribution in [0.4, 0.5) is 0 Å². The molecule has 0 aliphatic carbocycles. The van der Waals surface area contributed by atoms with Crippen molar-refractivity contribution in [1.29, 1.82) is 0 Å². The molecule has 0 aliphatic rings. The van der Waals surface area contributed by atoms with Crippen molar-refractivity contribution in [2.75, 3.05) is 5.75 Å². The normalized spacial score (nSPS) is 11.9. The minimum absolute atomic E-state index is 0.0200. The van der Waals surface area contributed by atoms with E-state index in [0.717, 1.165) is 0 Å². The van der Waals surface area contributed by atoms with E-state index in [9.17, 15) is 13.2 Å². The van der Waals surface area contributed by atoms with Crippen LogP contribution in [0.5, 0.6) is 0 Å². The van der Waals surface area contributed by atoms with Gasteiger partial charge in [-0.05, 0) is 31.5 Å². The molecule has 17 heavy (non-hydrogen) atoms. The fourth-order valence-corrected chi connectivity index (χ4v) is 2.56. The maximum absolute atomic E-state index is 11.8. The van der Waals surface area contributed by atoms with E-state index in [1.807, 2.05) is 0 Å². The molecule has 1 aromatic rings. The van der Waals surface area contributed by atoms with Gasteiger partial charge in [-0.2, -0.15) is 0 Å². The lowest BCUT2D eigenvalue weighted by Gasteiger charge is -2.05. The van der Waals surface area contributed by atoms with Crippen LogP contribution in [0.2, 0.25) is 0 Å². The van der Waals surface area contributed by atoms with Crippen LogP contribution in [0, 0.1) is 6.92 Å². The Morgan fingerprint density at radius 1 is 1.41 bits per heavy atom. The summed E-state index contributed by atoms with van der Waals surface area (Å²) in [6.45, 7) is 3.36. The molecule has 0 radical (unpaired) electrons. The molecule has 0 amide bonds. The Balaban J connectivity index is 3.25. The largest absolute Gasteiger partial charge is 0.478 e. The van der Waals surface area contributed by atoms with Gasteiger partial charge in [-0.15, -0.1) is 0 Å². The quantitative estimate of drug-likeness (QED) is 0.835. The van der Waals surface area contributed by atoms with Crippen LogP contribution in [0.1, 0.15) is 22.8 Å². The second kappa shape index (κ2) is 5.14. The molecule has 0 unspecified atom stereocenters. The van der Waals surface area contributed by atoms with Gasteiger partial charge >= 0.3 is 5.97 Å². The summed E-state index contributed by atoms with van der Waals surface area (Å²) in [5, 5.41) is 8.92. The van der Waals surface area contributed by atoms with Crippen molar-refractivity contribution >= 4 is 15.8 Å². The summed E-state index contributed by atoms with van der Waals surface area (Å²) in [6, 6.07) is 4.14. The van der Waals surface area contributed by atoms with E-state index in [4.69, 9.17) is 5.11 Å². The monoisotopic (exact) mass is 254 g/mol. The van der Waals surface area contributed by atoms with E-state index in [1.165, 1.54) is 24.3 Å². The highest BCUT2D eigenvalue weighted by atomic mass is 32.2. The summed E-state index contributed by atoms with van der Waals surface area (Å²) in [4.78, 5) is 10.9. The maximum atomic E-state index is 11.8. The molecule has 0 spiro atoms. The van der Waals surface area contributed by atoms with Crippen LogP contribution in [-0.4, -0.2) is 25.2 Å². The van der Waals surface area contributed by atoms with Gasteiger partial charge in [-0.25, -0.2) is 13.2 Å². The van der Waals surface area contributed by atoms with Gasteiger partial charge in [-0.3, -0.25) is 0 Å². The lowest BCUT2D eigenvalue weighted by Crippen LogP contribution is -2.08. The van der Waals surface area contributed by atoms with Crippen LogP contribution in [0.25, 0.3) is 0 Å². The Hall–Kier alpha value is -1.62. The number of hydrogen-bond donors (Lipinski definition) is 1. The summed E-state index contributed by atoms with van der Waals surface area (Å²) in [5.74, 6) is -1.24. The first kappa shape index (κ1) is 13.4. The molecule has 0 aliphatic heterocycles. The predicted octanol–water partition coefficient (Wildman–Crippen LogP) is 2.04. The zero-order valence-corrected chi connectivity index (χ0v) is 10.5. The molecule has 1 rings (SSSR count). The van der Waals surface area contributed by atoms with Crippen LogP contribution in [0.3, 0.4) is 0 Å². The number of aromatic carboxylic acids is 1. The molecular formula is C12H14O4S. The molecule has 0 saturated heterocycles. The average Bonchev–Trinajstić information content (AvgIpc) is 2.26. The summed E-state index contributed by atoms with van der Waals surface area (Å²) in [5.41, 5.74) is 0.564. The average molecular weight is 254 g/mol. The Labute approximate surface area is 101 Å². The highest BCUT2D eigenvalue weighted by molar-refractivity contribution is 7.91. The minimum Gasteiger partial charge on any atom is -0.478 e. The molecule has 0 aromatic heterocycles. The third kappa shape index (κ3) is 3.17. The van der Waals surface area contributed by atoms with Crippen molar-refractivity contribution in [1.82, 2.24) is 0 Å². The standard InChI is InChI=1S/C12H14O4S/c1-3-4-7-17(15,16)10-6-5-9(2)11(8-10)12(13)14/h3-6,8H,7H2,1-2H3,(H,13,14)/b4-3+. The van der Waals surface area contributed by atoms with Gasteiger partial charge in [0.2, 0.25) is 0 Å². The summed E-state index contributed by atoms with van der Waals surface area (Å²) in [7, 11) is -3.45. The van der Waals surface area contributed by atoms with Gasteiger partial charge in [0, 0.05) is 0 Å². The number of allylic oxidation sites excluding steroid dienone is 1.